The number of rotatable bonds is 2. The minimum Gasteiger partial charge on any atom is -0.438 e. The fraction of sp³-hybridized carbons (Fsp3) is 0.111. The van der Waals surface area contributed by atoms with Crippen LogP contribution in [-0.2, 0) is 11.3 Å². The van der Waals surface area contributed by atoms with Crippen LogP contribution in [0.15, 0.2) is 28.7 Å². The summed E-state index contributed by atoms with van der Waals surface area (Å²) in [5.74, 6) is 0.561. The lowest BCUT2D eigenvalue weighted by molar-refractivity contribution is 0.200. The molecular formula is C9H8NO2. The number of nitrogens with zero attached hydrogens (tertiary/aromatic N) is 1. The van der Waals surface area contributed by atoms with Crippen LogP contribution in [0.25, 0.3) is 11.1 Å². The lowest BCUT2D eigenvalue weighted by atomic mass is 10.3. The summed E-state index contributed by atoms with van der Waals surface area (Å²) in [4.78, 5) is 4.17. The molecule has 0 spiro atoms. The summed E-state index contributed by atoms with van der Waals surface area (Å²) < 4.78 is 9.98. The number of ether oxygens (including phenoxy) is 1. The zero-order chi connectivity index (χ0) is 8.39. The van der Waals surface area contributed by atoms with Gasteiger partial charge in [0.25, 0.3) is 0 Å². The molecule has 0 N–H and O–H groups in total. The monoisotopic (exact) mass is 162 g/mol. The van der Waals surface area contributed by atoms with Crippen molar-refractivity contribution >= 4 is 11.1 Å². The number of hydrogen-bond acceptors (Lipinski definition) is 3. The van der Waals surface area contributed by atoms with E-state index in [9.17, 15) is 0 Å². The Kier molecular flexibility index (Phi) is 1.80. The molecule has 1 aromatic heterocycles. The summed E-state index contributed by atoms with van der Waals surface area (Å²) in [6.45, 7) is 0.314. The summed E-state index contributed by atoms with van der Waals surface area (Å²) in [6.07, 6.45) is 0. The summed E-state index contributed by atoms with van der Waals surface area (Å²) in [5.41, 5.74) is 1.63. The summed E-state index contributed by atoms with van der Waals surface area (Å²) >= 11 is 0. The first kappa shape index (κ1) is 7.31. The normalized spacial score (nSPS) is 10.8. The van der Waals surface area contributed by atoms with Crippen molar-refractivity contribution in [1.82, 2.24) is 4.98 Å². The zero-order valence-corrected chi connectivity index (χ0v) is 6.49. The SMILES string of the molecule is [CH2]OCc1nc2ccccc2o1. The lowest BCUT2D eigenvalue weighted by Crippen LogP contribution is -1.83. The average molecular weight is 162 g/mol. The van der Waals surface area contributed by atoms with Gasteiger partial charge in [-0.3, -0.25) is 0 Å². The van der Waals surface area contributed by atoms with Gasteiger partial charge in [-0.2, -0.15) is 0 Å². The third-order valence-electron chi connectivity index (χ3n) is 1.56. The molecule has 1 heterocycles. The van der Waals surface area contributed by atoms with Crippen LogP contribution in [0.1, 0.15) is 5.89 Å². The van der Waals surface area contributed by atoms with E-state index in [-0.39, 0.29) is 0 Å². The van der Waals surface area contributed by atoms with Crippen molar-refractivity contribution in [2.24, 2.45) is 0 Å². The van der Waals surface area contributed by atoms with E-state index in [2.05, 4.69) is 16.8 Å². The fourth-order valence-corrected chi connectivity index (χ4v) is 1.07. The minimum absolute atomic E-state index is 0.314. The van der Waals surface area contributed by atoms with Gasteiger partial charge in [-0.25, -0.2) is 4.98 Å². The molecule has 0 fully saturated rings. The number of para-hydroxylation sites is 2. The average Bonchev–Trinajstić information content (AvgIpc) is 2.47. The van der Waals surface area contributed by atoms with Crippen LogP contribution < -0.4 is 0 Å². The molecule has 2 aromatic rings. The van der Waals surface area contributed by atoms with Gasteiger partial charge in [0.05, 0.1) is 7.11 Å². The van der Waals surface area contributed by atoms with Gasteiger partial charge < -0.3 is 9.15 Å². The molecule has 3 heteroatoms. The maximum Gasteiger partial charge on any atom is 0.221 e. The topological polar surface area (TPSA) is 35.3 Å². The molecule has 1 radical (unpaired) electrons. The maximum absolute atomic E-state index is 5.33. The van der Waals surface area contributed by atoms with E-state index in [1.165, 1.54) is 0 Å². The molecule has 0 atom stereocenters. The molecule has 0 amide bonds. The van der Waals surface area contributed by atoms with Crippen molar-refractivity contribution in [3.05, 3.63) is 37.3 Å². The highest BCUT2D eigenvalue weighted by Crippen LogP contribution is 2.14. The van der Waals surface area contributed by atoms with Crippen molar-refractivity contribution in [2.75, 3.05) is 0 Å². The molecule has 1 aromatic carbocycles. The second-order valence-corrected chi connectivity index (χ2v) is 2.42. The van der Waals surface area contributed by atoms with E-state index in [4.69, 9.17) is 4.42 Å². The zero-order valence-electron chi connectivity index (χ0n) is 6.49. The number of hydrogen-bond donors (Lipinski definition) is 0. The van der Waals surface area contributed by atoms with Gasteiger partial charge in [-0.05, 0) is 12.1 Å². The Morgan fingerprint density at radius 3 is 3.00 bits per heavy atom. The highest BCUT2D eigenvalue weighted by molar-refractivity contribution is 5.71. The molecule has 3 nitrogen and oxygen atoms in total. The highest BCUT2D eigenvalue weighted by Gasteiger charge is 2.02. The predicted octanol–water partition coefficient (Wildman–Crippen LogP) is 2.14. The van der Waals surface area contributed by atoms with Crippen molar-refractivity contribution in [1.29, 1.82) is 0 Å². The van der Waals surface area contributed by atoms with Gasteiger partial charge in [0.2, 0.25) is 5.89 Å². The molecule has 0 bridgehead atoms. The van der Waals surface area contributed by atoms with E-state index in [0.29, 0.717) is 12.5 Å². The van der Waals surface area contributed by atoms with E-state index in [0.717, 1.165) is 11.1 Å². The third-order valence-corrected chi connectivity index (χ3v) is 1.56. The Labute approximate surface area is 70.0 Å². The molecule has 12 heavy (non-hydrogen) atoms. The largest absolute Gasteiger partial charge is 0.438 e. The molecule has 0 saturated carbocycles. The molecule has 0 aliphatic heterocycles. The van der Waals surface area contributed by atoms with Gasteiger partial charge in [0, 0.05) is 0 Å². The van der Waals surface area contributed by atoms with Crippen LogP contribution in [-0.4, -0.2) is 4.98 Å². The predicted molar refractivity (Wildman–Crippen MR) is 44.2 cm³/mol. The Morgan fingerprint density at radius 2 is 2.25 bits per heavy atom. The lowest BCUT2D eigenvalue weighted by Gasteiger charge is -1.87. The van der Waals surface area contributed by atoms with E-state index in [1.807, 2.05) is 24.3 Å². The van der Waals surface area contributed by atoms with E-state index < -0.39 is 0 Å². The first-order chi connectivity index (χ1) is 5.90. The van der Waals surface area contributed by atoms with Crippen LogP contribution in [0.5, 0.6) is 0 Å². The van der Waals surface area contributed by atoms with Crippen LogP contribution in [0.3, 0.4) is 0 Å². The second-order valence-electron chi connectivity index (χ2n) is 2.42. The molecule has 0 unspecified atom stereocenters. The van der Waals surface area contributed by atoms with Crippen molar-refractivity contribution in [3.63, 3.8) is 0 Å². The second kappa shape index (κ2) is 2.95. The van der Waals surface area contributed by atoms with Gasteiger partial charge >= 0.3 is 0 Å². The van der Waals surface area contributed by atoms with E-state index in [1.54, 1.807) is 0 Å². The number of fused-ring (bicyclic) bond motifs is 1. The Hall–Kier alpha value is -1.35. The van der Waals surface area contributed by atoms with E-state index >= 15 is 0 Å². The van der Waals surface area contributed by atoms with Crippen molar-refractivity contribution in [3.8, 4) is 0 Å². The number of benzene rings is 1. The summed E-state index contributed by atoms with van der Waals surface area (Å²) in [6, 6.07) is 7.59. The van der Waals surface area contributed by atoms with Crippen LogP contribution in [0.4, 0.5) is 0 Å². The fourth-order valence-electron chi connectivity index (χ4n) is 1.07. The molecule has 0 aliphatic rings. The minimum atomic E-state index is 0.314. The van der Waals surface area contributed by atoms with Crippen LogP contribution in [0.2, 0.25) is 0 Å². The first-order valence-electron chi connectivity index (χ1n) is 3.61. The van der Waals surface area contributed by atoms with Gasteiger partial charge in [0.15, 0.2) is 5.58 Å². The smallest absolute Gasteiger partial charge is 0.221 e. The Bertz CT molecular complexity index is 348. The quantitative estimate of drug-likeness (QED) is 0.678. The highest BCUT2D eigenvalue weighted by atomic mass is 16.5. The number of aromatic nitrogens is 1. The molecule has 0 saturated heterocycles. The van der Waals surface area contributed by atoms with Crippen LogP contribution in [0, 0.1) is 7.11 Å². The summed E-state index contributed by atoms with van der Waals surface area (Å²) in [7, 11) is 3.25. The molecule has 61 valence electrons. The maximum atomic E-state index is 5.33. The third kappa shape index (κ3) is 1.19. The Morgan fingerprint density at radius 1 is 1.42 bits per heavy atom. The summed E-state index contributed by atoms with van der Waals surface area (Å²) in [5, 5.41) is 0. The molecule has 0 aliphatic carbocycles. The van der Waals surface area contributed by atoms with Gasteiger partial charge in [-0.1, -0.05) is 12.1 Å². The van der Waals surface area contributed by atoms with Crippen LogP contribution >= 0.6 is 0 Å². The van der Waals surface area contributed by atoms with Crippen molar-refractivity contribution < 1.29 is 9.15 Å². The Balaban J connectivity index is 2.47. The van der Waals surface area contributed by atoms with Gasteiger partial charge in [-0.15, -0.1) is 0 Å². The first-order valence-corrected chi connectivity index (χ1v) is 3.61. The molecular weight excluding hydrogens is 154 g/mol. The molecule has 2 rings (SSSR count). The standard InChI is InChI=1S/C9H8NO2/c1-11-6-9-10-7-4-2-3-5-8(7)12-9/h2-5H,1,6H2. The van der Waals surface area contributed by atoms with Crippen molar-refractivity contribution in [2.45, 2.75) is 6.61 Å². The van der Waals surface area contributed by atoms with Gasteiger partial charge in [0.1, 0.15) is 12.1 Å². The number of oxazole rings is 1.